The summed E-state index contributed by atoms with van der Waals surface area (Å²) in [5.74, 6) is -0.477. The maximum atomic E-state index is 10.6. The predicted octanol–water partition coefficient (Wildman–Crippen LogP) is -1.23. The number of carbonyl (C=O) groups is 1. The topological polar surface area (TPSA) is 67.8 Å². The minimum atomic E-state index is -0.986. The highest BCUT2D eigenvalue weighted by Gasteiger charge is 2.32. The molecular weight excluding hydrogens is 138 g/mol. The van der Waals surface area contributed by atoms with Crippen LogP contribution in [0, 0.1) is 0 Å². The fraction of sp³-hybridized carbons (Fsp3) is 0.800. The fourth-order valence-corrected chi connectivity index (χ4v) is 0.801. The Kier molecular flexibility index (Phi) is 2.21. The zero-order valence-corrected chi connectivity index (χ0v) is 5.53. The lowest BCUT2D eigenvalue weighted by atomic mass is 10.3. The number of hydrogen-bond acceptors (Lipinski definition) is 5. The number of rotatable bonds is 2. The fourth-order valence-electron chi connectivity index (χ4n) is 0.801. The van der Waals surface area contributed by atoms with E-state index in [1.807, 2.05) is 0 Å². The van der Waals surface area contributed by atoms with Crippen molar-refractivity contribution in [3.8, 4) is 0 Å². The molecule has 58 valence electrons. The molecule has 2 atom stereocenters. The quantitative estimate of drug-likeness (QED) is 0.378. The Hall–Kier alpha value is -0.650. The Morgan fingerprint density at radius 3 is 3.00 bits per heavy atom. The van der Waals surface area contributed by atoms with Crippen LogP contribution in [-0.2, 0) is 14.4 Å². The first-order chi connectivity index (χ1) is 4.74. The Morgan fingerprint density at radius 2 is 2.60 bits per heavy atom. The summed E-state index contributed by atoms with van der Waals surface area (Å²) in [6.45, 7) is 0. The number of carbonyl (C=O) groups excluding carboxylic acids is 1. The molecule has 1 rings (SSSR count). The molecule has 0 amide bonds. The van der Waals surface area contributed by atoms with E-state index in [1.165, 1.54) is 7.11 Å². The maximum Gasteiger partial charge on any atom is 0.328 e. The van der Waals surface area contributed by atoms with Gasteiger partial charge in [-0.3, -0.25) is 4.79 Å². The second-order valence-corrected chi connectivity index (χ2v) is 2.00. The molecule has 0 saturated carbocycles. The molecular formula is C5H9NO4. The van der Waals surface area contributed by atoms with Crippen LogP contribution in [0.1, 0.15) is 6.42 Å². The third-order valence-electron chi connectivity index (χ3n) is 1.23. The van der Waals surface area contributed by atoms with Crippen molar-refractivity contribution in [3.63, 3.8) is 0 Å². The average molecular weight is 147 g/mol. The average Bonchev–Trinajstić information content (AvgIpc) is 2.13. The van der Waals surface area contributed by atoms with Crippen LogP contribution in [-0.4, -0.2) is 30.5 Å². The van der Waals surface area contributed by atoms with Crippen LogP contribution in [0.15, 0.2) is 0 Å². The van der Waals surface area contributed by atoms with Crippen LogP contribution in [0.3, 0.4) is 0 Å². The Labute approximate surface area is 57.9 Å². The van der Waals surface area contributed by atoms with Crippen molar-refractivity contribution in [2.45, 2.75) is 18.8 Å². The second kappa shape index (κ2) is 2.96. The molecule has 0 aromatic rings. The molecule has 10 heavy (non-hydrogen) atoms. The summed E-state index contributed by atoms with van der Waals surface area (Å²) in [5.41, 5.74) is 2.39. The van der Waals surface area contributed by atoms with Gasteiger partial charge in [0.25, 0.3) is 0 Å². The van der Waals surface area contributed by atoms with E-state index >= 15 is 0 Å². The van der Waals surface area contributed by atoms with Gasteiger partial charge in [-0.25, -0.2) is 0 Å². The lowest BCUT2D eigenvalue weighted by Crippen LogP contribution is -2.31. The molecule has 0 aliphatic carbocycles. The standard InChI is InChI=1S/C5H9NO4/c1-9-6-3-2-4(7)10-5(3)8/h3-4,6-7H,2H2,1H3/t3-,4?/m0/s1. The van der Waals surface area contributed by atoms with Gasteiger partial charge in [0.15, 0.2) is 0 Å². The van der Waals surface area contributed by atoms with E-state index in [0.29, 0.717) is 0 Å². The van der Waals surface area contributed by atoms with E-state index in [4.69, 9.17) is 5.11 Å². The van der Waals surface area contributed by atoms with Crippen molar-refractivity contribution in [2.24, 2.45) is 0 Å². The molecule has 0 aromatic heterocycles. The summed E-state index contributed by atoms with van der Waals surface area (Å²) < 4.78 is 4.40. The van der Waals surface area contributed by atoms with E-state index in [-0.39, 0.29) is 6.42 Å². The summed E-state index contributed by atoms with van der Waals surface area (Å²) in [4.78, 5) is 15.1. The number of aliphatic hydroxyl groups is 1. The summed E-state index contributed by atoms with van der Waals surface area (Å²) in [7, 11) is 1.40. The van der Waals surface area contributed by atoms with Gasteiger partial charge in [0.2, 0.25) is 6.29 Å². The number of hydrogen-bond donors (Lipinski definition) is 2. The van der Waals surface area contributed by atoms with Gasteiger partial charge in [-0.05, 0) is 0 Å². The van der Waals surface area contributed by atoms with Crippen molar-refractivity contribution in [1.29, 1.82) is 0 Å². The molecule has 1 aliphatic rings. The minimum Gasteiger partial charge on any atom is -0.435 e. The molecule has 0 radical (unpaired) electrons. The lowest BCUT2D eigenvalue weighted by Gasteiger charge is -2.02. The molecule has 2 N–H and O–H groups in total. The lowest BCUT2D eigenvalue weighted by molar-refractivity contribution is -0.155. The van der Waals surface area contributed by atoms with E-state index in [9.17, 15) is 4.79 Å². The smallest absolute Gasteiger partial charge is 0.328 e. The largest absolute Gasteiger partial charge is 0.435 e. The van der Waals surface area contributed by atoms with Crippen molar-refractivity contribution in [3.05, 3.63) is 0 Å². The van der Waals surface area contributed by atoms with Gasteiger partial charge in [-0.2, -0.15) is 5.48 Å². The molecule has 1 saturated heterocycles. The van der Waals surface area contributed by atoms with Gasteiger partial charge < -0.3 is 14.7 Å². The Morgan fingerprint density at radius 1 is 1.90 bits per heavy atom. The first-order valence-electron chi connectivity index (χ1n) is 2.91. The molecule has 1 heterocycles. The summed E-state index contributed by atoms with van der Waals surface area (Å²) in [5, 5.41) is 8.76. The summed E-state index contributed by atoms with van der Waals surface area (Å²) in [6.07, 6.45) is -0.743. The number of cyclic esters (lactones) is 1. The third-order valence-corrected chi connectivity index (χ3v) is 1.23. The van der Waals surface area contributed by atoms with Crippen molar-refractivity contribution < 1.29 is 19.5 Å². The van der Waals surface area contributed by atoms with Crippen molar-refractivity contribution in [2.75, 3.05) is 7.11 Å². The Balaban J connectivity index is 2.39. The number of nitrogens with one attached hydrogen (secondary N) is 1. The monoisotopic (exact) mass is 147 g/mol. The first kappa shape index (κ1) is 7.46. The molecule has 1 fully saturated rings. The highest BCUT2D eigenvalue weighted by Crippen LogP contribution is 2.11. The number of aliphatic hydroxyl groups excluding tert-OH is 1. The second-order valence-electron chi connectivity index (χ2n) is 2.00. The molecule has 0 bridgehead atoms. The summed E-state index contributed by atoms with van der Waals surface area (Å²) >= 11 is 0. The van der Waals surface area contributed by atoms with Crippen molar-refractivity contribution in [1.82, 2.24) is 5.48 Å². The highest BCUT2D eigenvalue weighted by atomic mass is 16.7. The van der Waals surface area contributed by atoms with Crippen LogP contribution in [0.2, 0.25) is 0 Å². The van der Waals surface area contributed by atoms with E-state index in [2.05, 4.69) is 15.1 Å². The molecule has 1 unspecified atom stereocenters. The molecule has 1 aliphatic heterocycles. The molecule has 5 heteroatoms. The molecule has 0 aromatic carbocycles. The van der Waals surface area contributed by atoms with Gasteiger partial charge in [-0.15, -0.1) is 0 Å². The van der Waals surface area contributed by atoms with Crippen LogP contribution in [0.4, 0.5) is 0 Å². The van der Waals surface area contributed by atoms with Gasteiger partial charge in [0, 0.05) is 6.42 Å². The Bertz CT molecular complexity index is 138. The van der Waals surface area contributed by atoms with Gasteiger partial charge >= 0.3 is 5.97 Å². The van der Waals surface area contributed by atoms with Crippen molar-refractivity contribution >= 4 is 5.97 Å². The zero-order valence-electron chi connectivity index (χ0n) is 5.53. The normalized spacial score (nSPS) is 32.4. The van der Waals surface area contributed by atoms with E-state index in [0.717, 1.165) is 0 Å². The predicted molar refractivity (Wildman–Crippen MR) is 30.6 cm³/mol. The van der Waals surface area contributed by atoms with Crippen LogP contribution in [0.5, 0.6) is 0 Å². The number of hydroxylamine groups is 1. The summed E-state index contributed by atoms with van der Waals surface area (Å²) in [6, 6.07) is -0.528. The van der Waals surface area contributed by atoms with Gasteiger partial charge in [0.05, 0.1) is 7.11 Å². The van der Waals surface area contributed by atoms with E-state index < -0.39 is 18.3 Å². The minimum absolute atomic E-state index is 0.243. The van der Waals surface area contributed by atoms with Crippen LogP contribution >= 0.6 is 0 Å². The number of ether oxygens (including phenoxy) is 1. The third kappa shape index (κ3) is 1.44. The van der Waals surface area contributed by atoms with Crippen LogP contribution in [0.25, 0.3) is 0 Å². The maximum absolute atomic E-state index is 10.6. The van der Waals surface area contributed by atoms with E-state index in [1.54, 1.807) is 0 Å². The van der Waals surface area contributed by atoms with Crippen LogP contribution < -0.4 is 5.48 Å². The van der Waals surface area contributed by atoms with Gasteiger partial charge in [0.1, 0.15) is 6.04 Å². The SMILES string of the molecule is CON[C@H]1CC(O)OC1=O. The highest BCUT2D eigenvalue weighted by molar-refractivity contribution is 5.77. The van der Waals surface area contributed by atoms with Gasteiger partial charge in [-0.1, -0.05) is 0 Å². The first-order valence-corrected chi connectivity index (χ1v) is 2.91. The molecule has 0 spiro atoms. The number of esters is 1. The zero-order chi connectivity index (χ0) is 7.56. The molecule has 5 nitrogen and oxygen atoms in total.